The highest BCUT2D eigenvalue weighted by Crippen LogP contribution is 2.19. The van der Waals surface area contributed by atoms with Gasteiger partial charge in [0.25, 0.3) is 11.8 Å². The van der Waals surface area contributed by atoms with E-state index in [0.29, 0.717) is 17.1 Å². The first kappa shape index (κ1) is 20.7. The predicted octanol–water partition coefficient (Wildman–Crippen LogP) is 3.88. The van der Waals surface area contributed by atoms with Crippen molar-refractivity contribution in [1.29, 1.82) is 0 Å². The highest BCUT2D eigenvalue weighted by Gasteiger charge is 2.17. The van der Waals surface area contributed by atoms with E-state index in [1.54, 1.807) is 11.4 Å². The molecule has 1 aromatic heterocycles. The molecule has 1 heterocycles. The number of nitrogens with zero attached hydrogens (tertiary/aromatic N) is 1. The molecule has 0 fully saturated rings. The van der Waals surface area contributed by atoms with E-state index in [9.17, 15) is 14.7 Å². The summed E-state index contributed by atoms with van der Waals surface area (Å²) in [7, 11) is 0. The van der Waals surface area contributed by atoms with E-state index in [0.717, 1.165) is 16.3 Å². The van der Waals surface area contributed by atoms with Crippen LogP contribution in [-0.2, 0) is 6.42 Å². The third kappa shape index (κ3) is 5.14. The Morgan fingerprint density at radius 3 is 2.45 bits per heavy atom. The number of aliphatic hydroxyl groups excluding tert-OH is 1. The summed E-state index contributed by atoms with van der Waals surface area (Å²) in [6, 6.07) is 22.5. The zero-order chi connectivity index (χ0) is 21.6. The molecular formula is C24H21N3O3S. The van der Waals surface area contributed by atoms with Gasteiger partial charge in [-0.25, -0.2) is 4.98 Å². The number of nitrogens with one attached hydrogen (secondary N) is 2. The molecule has 31 heavy (non-hydrogen) atoms. The van der Waals surface area contributed by atoms with Gasteiger partial charge >= 0.3 is 0 Å². The second-order valence-corrected chi connectivity index (χ2v) is 7.95. The summed E-state index contributed by atoms with van der Waals surface area (Å²) in [6.45, 7) is -0.184. The molecule has 156 valence electrons. The highest BCUT2D eigenvalue weighted by molar-refractivity contribution is 7.14. The molecule has 3 N–H and O–H groups in total. The quantitative estimate of drug-likeness (QED) is 0.414. The van der Waals surface area contributed by atoms with Crippen LogP contribution in [0.25, 0.3) is 10.8 Å². The molecule has 7 heteroatoms. The summed E-state index contributed by atoms with van der Waals surface area (Å²) in [4.78, 5) is 29.3. The average Bonchev–Trinajstić information content (AvgIpc) is 3.27. The zero-order valence-electron chi connectivity index (χ0n) is 16.6. The van der Waals surface area contributed by atoms with E-state index >= 15 is 0 Å². The van der Waals surface area contributed by atoms with Gasteiger partial charge in [-0.15, -0.1) is 11.3 Å². The Balaban J connectivity index is 1.39. The number of thiazole rings is 1. The number of rotatable bonds is 7. The second kappa shape index (κ2) is 9.51. The molecule has 0 saturated carbocycles. The van der Waals surface area contributed by atoms with Crippen LogP contribution in [0.4, 0.5) is 5.13 Å². The van der Waals surface area contributed by atoms with Gasteiger partial charge in [-0.05, 0) is 34.9 Å². The number of anilines is 1. The summed E-state index contributed by atoms with van der Waals surface area (Å²) < 4.78 is 0. The van der Waals surface area contributed by atoms with Crippen molar-refractivity contribution in [3.63, 3.8) is 0 Å². The Hall–Kier alpha value is -3.55. The fourth-order valence-electron chi connectivity index (χ4n) is 3.25. The third-order valence-electron chi connectivity index (χ3n) is 4.85. The Morgan fingerprint density at radius 1 is 0.935 bits per heavy atom. The molecule has 6 nitrogen and oxygen atoms in total. The molecule has 3 aromatic carbocycles. The lowest BCUT2D eigenvalue weighted by molar-refractivity contribution is 0.0911. The van der Waals surface area contributed by atoms with Crippen LogP contribution in [0.3, 0.4) is 0 Å². The average molecular weight is 432 g/mol. The van der Waals surface area contributed by atoms with Crippen LogP contribution >= 0.6 is 11.3 Å². The van der Waals surface area contributed by atoms with E-state index in [1.165, 1.54) is 11.3 Å². The smallest absolute Gasteiger partial charge is 0.271 e. The molecule has 0 radical (unpaired) electrons. The number of fused-ring (bicyclic) bond motifs is 1. The molecule has 0 aliphatic rings. The Labute approximate surface area is 183 Å². The number of amides is 2. The molecule has 4 aromatic rings. The van der Waals surface area contributed by atoms with Gasteiger partial charge in [-0.2, -0.15) is 0 Å². The molecule has 2 amide bonds. The fraction of sp³-hybridized carbons (Fsp3) is 0.125. The van der Waals surface area contributed by atoms with Crippen molar-refractivity contribution in [1.82, 2.24) is 10.3 Å². The second-order valence-electron chi connectivity index (χ2n) is 7.10. The molecule has 0 bridgehead atoms. The minimum Gasteiger partial charge on any atom is -0.394 e. The van der Waals surface area contributed by atoms with Crippen LogP contribution in [0, 0.1) is 0 Å². The number of carbonyl (C=O) groups excluding carboxylic acids is 2. The summed E-state index contributed by atoms with van der Waals surface area (Å²) in [6.07, 6.45) is 0.513. The number of aromatic nitrogens is 1. The van der Waals surface area contributed by atoms with E-state index in [1.807, 2.05) is 66.7 Å². The van der Waals surface area contributed by atoms with Crippen LogP contribution in [0.5, 0.6) is 0 Å². The van der Waals surface area contributed by atoms with Gasteiger partial charge in [-0.3, -0.25) is 14.9 Å². The molecule has 0 aliphatic heterocycles. The van der Waals surface area contributed by atoms with Crippen molar-refractivity contribution in [2.75, 3.05) is 11.9 Å². The van der Waals surface area contributed by atoms with Gasteiger partial charge < -0.3 is 10.4 Å². The largest absolute Gasteiger partial charge is 0.394 e. The normalized spacial score (nSPS) is 11.8. The summed E-state index contributed by atoms with van der Waals surface area (Å²) in [5, 5.41) is 19.1. The van der Waals surface area contributed by atoms with Crippen molar-refractivity contribution >= 4 is 39.1 Å². The maximum Gasteiger partial charge on any atom is 0.271 e. The molecule has 0 saturated heterocycles. The zero-order valence-corrected chi connectivity index (χ0v) is 17.4. The summed E-state index contributed by atoms with van der Waals surface area (Å²) in [5.41, 5.74) is 1.73. The molecule has 0 aliphatic carbocycles. The van der Waals surface area contributed by atoms with E-state index in [2.05, 4.69) is 15.6 Å². The van der Waals surface area contributed by atoms with Gasteiger partial charge in [0, 0.05) is 10.9 Å². The van der Waals surface area contributed by atoms with Crippen LogP contribution in [0.1, 0.15) is 26.4 Å². The number of hydrogen-bond acceptors (Lipinski definition) is 5. The standard InChI is InChI=1S/C24H21N3O3S/c28-14-20(12-16-6-2-1-3-7-16)25-23(30)21-15-31-24(26-21)27-22(29)19-11-10-17-8-4-5-9-18(17)13-19/h1-11,13,15,20,28H,12,14H2,(H,25,30)(H,26,27,29). The van der Waals surface area contributed by atoms with Crippen molar-refractivity contribution in [3.05, 3.63) is 95.0 Å². The highest BCUT2D eigenvalue weighted by atomic mass is 32.1. The monoisotopic (exact) mass is 431 g/mol. The fourth-order valence-corrected chi connectivity index (χ4v) is 3.94. The lowest BCUT2D eigenvalue weighted by Gasteiger charge is -2.15. The lowest BCUT2D eigenvalue weighted by Crippen LogP contribution is -2.39. The minimum absolute atomic E-state index is 0.184. The predicted molar refractivity (Wildman–Crippen MR) is 123 cm³/mol. The van der Waals surface area contributed by atoms with Crippen molar-refractivity contribution in [2.45, 2.75) is 12.5 Å². The van der Waals surface area contributed by atoms with Crippen LogP contribution in [0.2, 0.25) is 0 Å². The first-order chi connectivity index (χ1) is 15.1. The van der Waals surface area contributed by atoms with Crippen molar-refractivity contribution < 1.29 is 14.7 Å². The number of hydrogen-bond donors (Lipinski definition) is 3. The molecule has 4 rings (SSSR count). The van der Waals surface area contributed by atoms with Gasteiger partial charge in [0.15, 0.2) is 5.13 Å². The lowest BCUT2D eigenvalue weighted by atomic mass is 10.1. The maximum absolute atomic E-state index is 12.6. The Bertz CT molecular complexity index is 1210. The summed E-state index contributed by atoms with van der Waals surface area (Å²) >= 11 is 1.18. The van der Waals surface area contributed by atoms with Crippen LogP contribution < -0.4 is 10.6 Å². The van der Waals surface area contributed by atoms with Crippen LogP contribution in [0.15, 0.2) is 78.2 Å². The number of carbonyl (C=O) groups is 2. The minimum atomic E-state index is -0.424. The number of aliphatic hydroxyl groups is 1. The van der Waals surface area contributed by atoms with Crippen LogP contribution in [-0.4, -0.2) is 34.6 Å². The molecule has 1 atom stereocenters. The first-order valence-corrected chi connectivity index (χ1v) is 10.7. The summed E-state index contributed by atoms with van der Waals surface area (Å²) in [5.74, 6) is -0.679. The van der Waals surface area contributed by atoms with Gasteiger partial charge in [0.1, 0.15) is 5.69 Å². The topological polar surface area (TPSA) is 91.3 Å². The van der Waals surface area contributed by atoms with E-state index in [-0.39, 0.29) is 18.2 Å². The molecule has 0 spiro atoms. The number of benzene rings is 3. The molecular weight excluding hydrogens is 410 g/mol. The maximum atomic E-state index is 12.6. The van der Waals surface area contributed by atoms with Gasteiger partial charge in [-0.1, -0.05) is 60.7 Å². The van der Waals surface area contributed by atoms with E-state index < -0.39 is 11.9 Å². The first-order valence-electron chi connectivity index (χ1n) is 9.83. The van der Waals surface area contributed by atoms with Gasteiger partial charge in [0.05, 0.1) is 12.6 Å². The molecule has 1 unspecified atom stereocenters. The Morgan fingerprint density at radius 2 is 1.68 bits per heavy atom. The SMILES string of the molecule is O=C(Nc1nc(C(=O)NC(CO)Cc2ccccc2)cs1)c1ccc2ccccc2c1. The third-order valence-corrected chi connectivity index (χ3v) is 5.61. The van der Waals surface area contributed by atoms with Crippen molar-refractivity contribution in [3.8, 4) is 0 Å². The van der Waals surface area contributed by atoms with Crippen molar-refractivity contribution in [2.24, 2.45) is 0 Å². The van der Waals surface area contributed by atoms with Gasteiger partial charge in [0.2, 0.25) is 0 Å². The Kier molecular flexibility index (Phi) is 6.35. The van der Waals surface area contributed by atoms with E-state index in [4.69, 9.17) is 0 Å².